The summed E-state index contributed by atoms with van der Waals surface area (Å²) in [5.41, 5.74) is 6.46. The summed E-state index contributed by atoms with van der Waals surface area (Å²) in [4.78, 5) is 25.5. The summed E-state index contributed by atoms with van der Waals surface area (Å²) in [5, 5.41) is 14.6. The van der Waals surface area contributed by atoms with Crippen molar-refractivity contribution in [3.63, 3.8) is 0 Å². The number of carbonyl (C=O) groups excluding carboxylic acids is 1. The van der Waals surface area contributed by atoms with Gasteiger partial charge in [0.2, 0.25) is 11.3 Å². The second-order valence-electron chi connectivity index (χ2n) is 7.51. The Kier molecular flexibility index (Phi) is 5.64. The number of ether oxygens (including phenoxy) is 1. The number of amides is 1. The molecule has 0 spiro atoms. The van der Waals surface area contributed by atoms with Crippen molar-refractivity contribution in [2.24, 2.45) is 5.10 Å². The molecule has 1 aromatic heterocycles. The van der Waals surface area contributed by atoms with Crippen molar-refractivity contribution in [1.29, 1.82) is 0 Å². The Morgan fingerprint density at radius 1 is 1.12 bits per heavy atom. The van der Waals surface area contributed by atoms with Crippen LogP contribution in [0.15, 0.2) is 62.8 Å². The first-order valence-corrected chi connectivity index (χ1v) is 10.0. The quantitative estimate of drug-likeness (QED) is 0.283. The molecule has 0 aliphatic heterocycles. The third-order valence-corrected chi connectivity index (χ3v) is 5.42. The largest absolute Gasteiger partial charge is 0.504 e. The molecule has 4 aromatic rings. The van der Waals surface area contributed by atoms with Gasteiger partial charge in [-0.1, -0.05) is 18.2 Å². The van der Waals surface area contributed by atoms with Crippen molar-refractivity contribution in [1.82, 2.24) is 5.43 Å². The van der Waals surface area contributed by atoms with E-state index in [0.29, 0.717) is 38.8 Å². The van der Waals surface area contributed by atoms with Gasteiger partial charge in [-0.25, -0.2) is 5.43 Å². The van der Waals surface area contributed by atoms with E-state index in [-0.39, 0.29) is 23.5 Å². The number of carbonyl (C=O) groups is 1. The maximum absolute atomic E-state index is 13.0. The zero-order valence-corrected chi connectivity index (χ0v) is 17.9. The Hall–Kier alpha value is -4.13. The van der Waals surface area contributed by atoms with Crippen LogP contribution in [0.3, 0.4) is 0 Å². The standard InChI is InChI=1S/C25H22N2O5/c1-14-7-9-19-23(30)18-6-4-5-17(25(18)32-24(19)15(14)2)12-22(29)27-26-13-16-8-10-20(28)21(11-16)31-3/h4-11,13,28H,12H2,1-3H3,(H,27,29)/b26-13+. The molecule has 0 saturated heterocycles. The SMILES string of the molecule is COc1cc(/C=N/NC(=O)Cc2cccc3c(=O)c4ccc(C)c(C)c4oc23)ccc1O. The number of nitrogens with zero attached hydrogens (tertiary/aromatic N) is 1. The number of phenols is 1. The summed E-state index contributed by atoms with van der Waals surface area (Å²) < 4.78 is 11.2. The lowest BCUT2D eigenvalue weighted by molar-refractivity contribution is -0.120. The first kappa shape index (κ1) is 21.1. The van der Waals surface area contributed by atoms with Gasteiger partial charge in [-0.15, -0.1) is 0 Å². The fourth-order valence-electron chi connectivity index (χ4n) is 3.54. The predicted octanol–water partition coefficient (Wildman–Crippen LogP) is 3.97. The monoisotopic (exact) mass is 430 g/mol. The van der Waals surface area contributed by atoms with Crippen LogP contribution >= 0.6 is 0 Å². The molecule has 0 aliphatic rings. The maximum Gasteiger partial charge on any atom is 0.244 e. The second-order valence-corrected chi connectivity index (χ2v) is 7.51. The molecule has 0 saturated carbocycles. The summed E-state index contributed by atoms with van der Waals surface area (Å²) in [7, 11) is 1.45. The van der Waals surface area contributed by atoms with Crippen molar-refractivity contribution in [3.05, 3.63) is 81.0 Å². The highest BCUT2D eigenvalue weighted by Crippen LogP contribution is 2.27. The summed E-state index contributed by atoms with van der Waals surface area (Å²) in [6.07, 6.45) is 1.44. The molecule has 4 rings (SSSR count). The smallest absolute Gasteiger partial charge is 0.244 e. The molecule has 3 aromatic carbocycles. The van der Waals surface area contributed by atoms with Crippen LogP contribution in [0.5, 0.6) is 11.5 Å². The number of methoxy groups -OCH3 is 1. The predicted molar refractivity (Wildman–Crippen MR) is 124 cm³/mol. The number of phenolic OH excluding ortho intramolecular Hbond substituents is 1. The molecule has 1 amide bonds. The second kappa shape index (κ2) is 8.55. The number of hydrogen-bond acceptors (Lipinski definition) is 6. The van der Waals surface area contributed by atoms with E-state index in [0.717, 1.165) is 11.1 Å². The van der Waals surface area contributed by atoms with Gasteiger partial charge in [-0.2, -0.15) is 5.10 Å². The zero-order chi connectivity index (χ0) is 22.8. The molecular formula is C25H22N2O5. The van der Waals surface area contributed by atoms with Crippen LogP contribution in [-0.4, -0.2) is 24.3 Å². The van der Waals surface area contributed by atoms with Gasteiger partial charge < -0.3 is 14.3 Å². The van der Waals surface area contributed by atoms with Crippen molar-refractivity contribution < 1.29 is 19.1 Å². The van der Waals surface area contributed by atoms with Crippen molar-refractivity contribution in [3.8, 4) is 11.5 Å². The van der Waals surface area contributed by atoms with E-state index >= 15 is 0 Å². The molecule has 7 heteroatoms. The number of nitrogens with one attached hydrogen (secondary N) is 1. The Labute approximate surface area is 183 Å². The molecule has 1 heterocycles. The van der Waals surface area contributed by atoms with E-state index in [1.54, 1.807) is 36.4 Å². The number of para-hydroxylation sites is 1. The lowest BCUT2D eigenvalue weighted by Gasteiger charge is -2.09. The van der Waals surface area contributed by atoms with Crippen LogP contribution < -0.4 is 15.6 Å². The number of hydrogen-bond donors (Lipinski definition) is 2. The zero-order valence-electron chi connectivity index (χ0n) is 17.9. The van der Waals surface area contributed by atoms with Gasteiger partial charge in [0, 0.05) is 5.56 Å². The van der Waals surface area contributed by atoms with Crippen LogP contribution in [0.4, 0.5) is 0 Å². The van der Waals surface area contributed by atoms with Crippen molar-refractivity contribution in [2.45, 2.75) is 20.3 Å². The number of aryl methyl sites for hydroxylation is 2. The fraction of sp³-hybridized carbons (Fsp3) is 0.160. The third-order valence-electron chi connectivity index (χ3n) is 5.42. The molecular weight excluding hydrogens is 408 g/mol. The van der Waals surface area contributed by atoms with Gasteiger partial charge in [-0.05, 0) is 60.9 Å². The highest BCUT2D eigenvalue weighted by atomic mass is 16.5. The molecule has 0 bridgehead atoms. The van der Waals surface area contributed by atoms with Crippen LogP contribution in [0.25, 0.3) is 21.9 Å². The van der Waals surface area contributed by atoms with Gasteiger partial charge in [0.1, 0.15) is 11.2 Å². The van der Waals surface area contributed by atoms with Crippen LogP contribution in [0.2, 0.25) is 0 Å². The van der Waals surface area contributed by atoms with Gasteiger partial charge >= 0.3 is 0 Å². The van der Waals surface area contributed by atoms with Crippen LogP contribution in [0.1, 0.15) is 22.3 Å². The minimum atomic E-state index is -0.358. The molecule has 2 N–H and O–H groups in total. The van der Waals surface area contributed by atoms with Crippen LogP contribution in [-0.2, 0) is 11.2 Å². The van der Waals surface area contributed by atoms with E-state index in [9.17, 15) is 14.7 Å². The first-order valence-electron chi connectivity index (χ1n) is 10.0. The van der Waals surface area contributed by atoms with E-state index in [4.69, 9.17) is 9.15 Å². The number of rotatable bonds is 5. The number of fused-ring (bicyclic) bond motifs is 2. The molecule has 0 aliphatic carbocycles. The Morgan fingerprint density at radius 3 is 2.69 bits per heavy atom. The van der Waals surface area contributed by atoms with E-state index < -0.39 is 0 Å². The van der Waals surface area contributed by atoms with Gasteiger partial charge in [0.15, 0.2) is 11.5 Å². The van der Waals surface area contributed by atoms with E-state index in [1.165, 1.54) is 19.4 Å². The molecule has 162 valence electrons. The van der Waals surface area contributed by atoms with Crippen molar-refractivity contribution in [2.75, 3.05) is 7.11 Å². The topological polar surface area (TPSA) is 101 Å². The average Bonchev–Trinajstić information content (AvgIpc) is 2.78. The Morgan fingerprint density at radius 2 is 1.91 bits per heavy atom. The first-order chi connectivity index (χ1) is 15.4. The molecule has 0 radical (unpaired) electrons. The molecule has 7 nitrogen and oxygen atoms in total. The lowest BCUT2D eigenvalue weighted by atomic mass is 10.0. The summed E-state index contributed by atoms with van der Waals surface area (Å²) in [5.74, 6) is -0.0314. The molecule has 0 fully saturated rings. The molecule has 0 atom stereocenters. The highest BCUT2D eigenvalue weighted by Gasteiger charge is 2.15. The average molecular weight is 430 g/mol. The van der Waals surface area contributed by atoms with Crippen LogP contribution in [0, 0.1) is 13.8 Å². The number of benzene rings is 3. The number of hydrazone groups is 1. The van der Waals surface area contributed by atoms with E-state index in [1.807, 2.05) is 19.9 Å². The Balaban J connectivity index is 1.60. The van der Waals surface area contributed by atoms with Gasteiger partial charge in [-0.3, -0.25) is 9.59 Å². The third kappa shape index (κ3) is 3.92. The number of aromatic hydroxyl groups is 1. The molecule has 0 unspecified atom stereocenters. The minimum Gasteiger partial charge on any atom is -0.504 e. The maximum atomic E-state index is 13.0. The Bertz CT molecular complexity index is 1440. The normalized spacial score (nSPS) is 11.3. The van der Waals surface area contributed by atoms with Gasteiger partial charge in [0.25, 0.3) is 0 Å². The lowest BCUT2D eigenvalue weighted by Crippen LogP contribution is -2.20. The minimum absolute atomic E-state index is 0.00705. The summed E-state index contributed by atoms with van der Waals surface area (Å²) in [6.45, 7) is 3.87. The highest BCUT2D eigenvalue weighted by molar-refractivity contribution is 5.94. The summed E-state index contributed by atoms with van der Waals surface area (Å²) >= 11 is 0. The van der Waals surface area contributed by atoms with Gasteiger partial charge in [0.05, 0.1) is 30.5 Å². The van der Waals surface area contributed by atoms with E-state index in [2.05, 4.69) is 10.5 Å². The summed E-state index contributed by atoms with van der Waals surface area (Å²) in [6, 6.07) is 13.6. The molecule has 32 heavy (non-hydrogen) atoms. The fourth-order valence-corrected chi connectivity index (χ4v) is 3.54. The van der Waals surface area contributed by atoms with Crippen molar-refractivity contribution >= 4 is 34.1 Å².